The van der Waals surface area contributed by atoms with Gasteiger partial charge < -0.3 is 9.73 Å². The molecule has 1 aromatic carbocycles. The van der Waals surface area contributed by atoms with E-state index in [1.165, 1.54) is 23.5 Å². The van der Waals surface area contributed by atoms with Crippen molar-refractivity contribution in [2.24, 2.45) is 0 Å². The lowest BCUT2D eigenvalue weighted by Gasteiger charge is -1.99. The molecule has 3 rings (SSSR count). The molecule has 0 saturated carbocycles. The number of halogens is 1. The van der Waals surface area contributed by atoms with Crippen molar-refractivity contribution in [3.8, 4) is 0 Å². The van der Waals surface area contributed by atoms with Crippen molar-refractivity contribution >= 4 is 26.7 Å². The standard InChI is InChI=1S/C13H11FN2OS/c14-9-3-4-12-11(8-9)16-13(18-12)15-6-5-10-2-1-7-17-10/h1-4,7-8H,5-6H2,(H,15,16). The van der Waals surface area contributed by atoms with Crippen LogP contribution in [0.15, 0.2) is 41.0 Å². The van der Waals surface area contributed by atoms with Crippen molar-refractivity contribution in [1.82, 2.24) is 4.98 Å². The SMILES string of the molecule is Fc1ccc2sc(NCCc3ccco3)nc2c1. The largest absolute Gasteiger partial charge is 0.469 e. The zero-order valence-electron chi connectivity index (χ0n) is 9.52. The molecule has 0 bridgehead atoms. The average molecular weight is 262 g/mol. The molecule has 0 saturated heterocycles. The fourth-order valence-corrected chi connectivity index (χ4v) is 2.60. The van der Waals surface area contributed by atoms with Crippen LogP contribution in [0.2, 0.25) is 0 Å². The number of furan rings is 1. The van der Waals surface area contributed by atoms with Gasteiger partial charge in [-0.15, -0.1) is 0 Å². The molecule has 0 aliphatic heterocycles. The van der Waals surface area contributed by atoms with Crippen LogP contribution in [0.3, 0.4) is 0 Å². The summed E-state index contributed by atoms with van der Waals surface area (Å²) in [6, 6.07) is 8.46. The fourth-order valence-electron chi connectivity index (χ4n) is 1.72. The minimum atomic E-state index is -0.255. The molecular weight excluding hydrogens is 251 g/mol. The van der Waals surface area contributed by atoms with E-state index >= 15 is 0 Å². The van der Waals surface area contributed by atoms with E-state index in [-0.39, 0.29) is 5.82 Å². The molecule has 0 unspecified atom stereocenters. The lowest BCUT2D eigenvalue weighted by Crippen LogP contribution is -2.03. The Labute approximate surface area is 107 Å². The van der Waals surface area contributed by atoms with Crippen molar-refractivity contribution in [2.75, 3.05) is 11.9 Å². The van der Waals surface area contributed by atoms with Gasteiger partial charge in [0.1, 0.15) is 11.6 Å². The first-order valence-electron chi connectivity index (χ1n) is 5.63. The van der Waals surface area contributed by atoms with Crippen molar-refractivity contribution in [1.29, 1.82) is 0 Å². The third-order valence-corrected chi connectivity index (χ3v) is 3.57. The number of aromatic nitrogens is 1. The molecule has 0 aliphatic rings. The zero-order valence-corrected chi connectivity index (χ0v) is 10.3. The predicted molar refractivity (Wildman–Crippen MR) is 70.5 cm³/mol. The van der Waals surface area contributed by atoms with Crippen LogP contribution in [0.1, 0.15) is 5.76 Å². The van der Waals surface area contributed by atoms with Crippen LogP contribution in [-0.2, 0) is 6.42 Å². The molecule has 0 aliphatic carbocycles. The van der Waals surface area contributed by atoms with Gasteiger partial charge in [-0.05, 0) is 24.3 Å². The van der Waals surface area contributed by atoms with Gasteiger partial charge in [-0.1, -0.05) is 11.3 Å². The van der Waals surface area contributed by atoms with Gasteiger partial charge in [0, 0.05) is 19.0 Å². The Balaban J connectivity index is 1.67. The lowest BCUT2D eigenvalue weighted by molar-refractivity contribution is 0.513. The van der Waals surface area contributed by atoms with E-state index in [2.05, 4.69) is 10.3 Å². The molecule has 3 aromatic rings. The molecule has 0 atom stereocenters. The van der Waals surface area contributed by atoms with E-state index in [0.717, 1.165) is 28.6 Å². The normalized spacial score (nSPS) is 10.9. The fraction of sp³-hybridized carbons (Fsp3) is 0.154. The number of nitrogens with zero attached hydrogens (tertiary/aromatic N) is 1. The number of thiazole rings is 1. The maximum atomic E-state index is 13.0. The minimum absolute atomic E-state index is 0.255. The smallest absolute Gasteiger partial charge is 0.183 e. The molecule has 1 N–H and O–H groups in total. The third-order valence-electron chi connectivity index (χ3n) is 2.58. The topological polar surface area (TPSA) is 38.1 Å². The molecular formula is C13H11FN2OS. The quantitative estimate of drug-likeness (QED) is 0.779. The van der Waals surface area contributed by atoms with E-state index in [1.807, 2.05) is 12.1 Å². The second-order valence-corrected chi connectivity index (χ2v) is 4.92. The summed E-state index contributed by atoms with van der Waals surface area (Å²) in [6.07, 6.45) is 2.47. The molecule has 3 nitrogen and oxygen atoms in total. The number of benzene rings is 1. The Morgan fingerprint density at radius 1 is 1.33 bits per heavy atom. The van der Waals surface area contributed by atoms with Crippen LogP contribution in [0.4, 0.5) is 9.52 Å². The summed E-state index contributed by atoms with van der Waals surface area (Å²) in [6.45, 7) is 0.746. The van der Waals surface area contributed by atoms with Gasteiger partial charge in [-0.25, -0.2) is 9.37 Å². The maximum Gasteiger partial charge on any atom is 0.183 e. The van der Waals surface area contributed by atoms with Gasteiger partial charge in [0.05, 0.1) is 16.5 Å². The molecule has 92 valence electrons. The Bertz CT molecular complexity index is 648. The molecule has 0 amide bonds. The first-order chi connectivity index (χ1) is 8.81. The summed E-state index contributed by atoms with van der Waals surface area (Å²) in [5.41, 5.74) is 0.695. The number of fused-ring (bicyclic) bond motifs is 1. The highest BCUT2D eigenvalue weighted by Crippen LogP contribution is 2.26. The average Bonchev–Trinajstić information content (AvgIpc) is 2.97. The minimum Gasteiger partial charge on any atom is -0.469 e. The van der Waals surface area contributed by atoms with E-state index in [0.29, 0.717) is 5.52 Å². The molecule has 0 spiro atoms. The molecule has 0 fully saturated rings. The van der Waals surface area contributed by atoms with Crippen LogP contribution >= 0.6 is 11.3 Å². The third kappa shape index (κ3) is 2.36. The van der Waals surface area contributed by atoms with Crippen molar-refractivity contribution in [3.63, 3.8) is 0 Å². The number of rotatable bonds is 4. The highest BCUT2D eigenvalue weighted by Gasteiger charge is 2.04. The molecule has 2 aromatic heterocycles. The summed E-state index contributed by atoms with van der Waals surface area (Å²) < 4.78 is 19.2. The number of hydrogen-bond donors (Lipinski definition) is 1. The van der Waals surface area contributed by atoms with E-state index in [4.69, 9.17) is 4.42 Å². The van der Waals surface area contributed by atoms with Crippen molar-refractivity contribution in [3.05, 3.63) is 48.2 Å². The van der Waals surface area contributed by atoms with Crippen molar-refractivity contribution < 1.29 is 8.81 Å². The van der Waals surface area contributed by atoms with Gasteiger partial charge in [0.15, 0.2) is 5.13 Å². The van der Waals surface area contributed by atoms with Gasteiger partial charge in [0.2, 0.25) is 0 Å². The Morgan fingerprint density at radius 2 is 2.28 bits per heavy atom. The summed E-state index contributed by atoms with van der Waals surface area (Å²) >= 11 is 1.52. The van der Waals surface area contributed by atoms with E-state index < -0.39 is 0 Å². The van der Waals surface area contributed by atoms with Gasteiger partial charge >= 0.3 is 0 Å². The second-order valence-electron chi connectivity index (χ2n) is 3.89. The Hall–Kier alpha value is -1.88. The highest BCUT2D eigenvalue weighted by atomic mass is 32.1. The summed E-state index contributed by atoms with van der Waals surface area (Å²) in [5, 5.41) is 4.02. The van der Waals surface area contributed by atoms with Crippen LogP contribution in [0, 0.1) is 5.82 Å². The first-order valence-corrected chi connectivity index (χ1v) is 6.45. The van der Waals surface area contributed by atoms with Gasteiger partial charge in [0.25, 0.3) is 0 Å². The molecule has 18 heavy (non-hydrogen) atoms. The number of anilines is 1. The molecule has 2 heterocycles. The lowest BCUT2D eigenvalue weighted by atomic mass is 10.3. The van der Waals surface area contributed by atoms with Crippen LogP contribution < -0.4 is 5.32 Å². The zero-order chi connectivity index (χ0) is 12.4. The molecule has 0 radical (unpaired) electrons. The Kier molecular flexibility index (Phi) is 2.98. The van der Waals surface area contributed by atoms with Crippen LogP contribution in [0.25, 0.3) is 10.2 Å². The Morgan fingerprint density at radius 3 is 3.11 bits per heavy atom. The summed E-state index contributed by atoms with van der Waals surface area (Å²) in [4.78, 5) is 4.33. The van der Waals surface area contributed by atoms with E-state index in [9.17, 15) is 4.39 Å². The first kappa shape index (κ1) is 11.2. The van der Waals surface area contributed by atoms with Crippen LogP contribution in [0.5, 0.6) is 0 Å². The maximum absolute atomic E-state index is 13.0. The molecule has 5 heteroatoms. The van der Waals surface area contributed by atoms with E-state index in [1.54, 1.807) is 12.3 Å². The second kappa shape index (κ2) is 4.78. The van der Waals surface area contributed by atoms with Gasteiger partial charge in [-0.2, -0.15) is 0 Å². The van der Waals surface area contributed by atoms with Crippen LogP contribution in [-0.4, -0.2) is 11.5 Å². The monoisotopic (exact) mass is 262 g/mol. The highest BCUT2D eigenvalue weighted by molar-refractivity contribution is 7.22. The summed E-state index contributed by atoms with van der Waals surface area (Å²) in [5.74, 6) is 0.685. The predicted octanol–water partition coefficient (Wildman–Crippen LogP) is 3.68. The number of hydrogen-bond acceptors (Lipinski definition) is 4. The number of nitrogens with one attached hydrogen (secondary N) is 1. The van der Waals surface area contributed by atoms with Gasteiger partial charge in [-0.3, -0.25) is 0 Å². The summed E-state index contributed by atoms with van der Waals surface area (Å²) in [7, 11) is 0. The van der Waals surface area contributed by atoms with Crippen molar-refractivity contribution in [2.45, 2.75) is 6.42 Å².